The number of hydrogen-bond donors (Lipinski definition) is 2. The monoisotopic (exact) mass is 364 g/mol. The number of likely N-dealkylation sites (tertiary alicyclic amines) is 1. The number of rotatable bonds is 7. The minimum Gasteiger partial charge on any atom is -0.481 e. The van der Waals surface area contributed by atoms with Crippen molar-refractivity contribution in [2.24, 2.45) is 0 Å². The van der Waals surface area contributed by atoms with Gasteiger partial charge in [-0.1, -0.05) is 0 Å². The molecule has 1 aliphatic heterocycles. The number of nitrogens with zero attached hydrogens (tertiary/aromatic N) is 1. The number of aliphatic carboxylic acids is 1. The maximum absolute atomic E-state index is 11.9. The van der Waals surface area contributed by atoms with Crippen LogP contribution in [0.2, 0.25) is 0 Å². The lowest BCUT2D eigenvalue weighted by molar-refractivity contribution is -0.140. The largest absolute Gasteiger partial charge is 0.481 e. The molecule has 3 amide bonds. The highest BCUT2D eigenvalue weighted by atomic mass is 32.2. The summed E-state index contributed by atoms with van der Waals surface area (Å²) in [6, 6.07) is 6.46. The highest BCUT2D eigenvalue weighted by Gasteiger charge is 2.36. The molecule has 25 heavy (non-hydrogen) atoms. The summed E-state index contributed by atoms with van der Waals surface area (Å²) in [4.78, 5) is 58.8. The molecule has 1 aliphatic rings. The maximum Gasteiger partial charge on any atom is 0.303 e. The molecule has 0 aromatic heterocycles. The Bertz CT molecular complexity index is 731. The van der Waals surface area contributed by atoms with Gasteiger partial charge in [0, 0.05) is 30.5 Å². The minimum absolute atomic E-state index is 0.149. The van der Waals surface area contributed by atoms with E-state index in [1.54, 1.807) is 24.3 Å². The fourth-order valence-electron chi connectivity index (χ4n) is 2.13. The van der Waals surface area contributed by atoms with Gasteiger partial charge in [0.1, 0.15) is 0 Å². The zero-order valence-corrected chi connectivity index (χ0v) is 14.2. The first-order chi connectivity index (χ1) is 11.8. The summed E-state index contributed by atoms with van der Waals surface area (Å²) < 4.78 is 0. The first-order valence-corrected chi connectivity index (χ1v) is 8.29. The van der Waals surface area contributed by atoms with Gasteiger partial charge in [-0.25, -0.2) is 0 Å². The van der Waals surface area contributed by atoms with E-state index in [0.717, 1.165) is 9.80 Å². The van der Waals surface area contributed by atoms with Gasteiger partial charge in [-0.3, -0.25) is 28.9 Å². The average molecular weight is 364 g/mol. The van der Waals surface area contributed by atoms with Gasteiger partial charge in [0.2, 0.25) is 17.6 Å². The van der Waals surface area contributed by atoms with Crippen LogP contribution < -0.4 is 5.32 Å². The average Bonchev–Trinajstić information content (AvgIpc) is 2.81. The molecular weight excluding hydrogens is 348 g/mol. The molecule has 0 saturated carbocycles. The summed E-state index contributed by atoms with van der Waals surface area (Å²) in [6.07, 6.45) is -0.610. The molecule has 1 saturated heterocycles. The Balaban J connectivity index is 1.90. The smallest absolute Gasteiger partial charge is 0.303 e. The molecule has 8 nitrogen and oxygen atoms in total. The van der Waals surface area contributed by atoms with Gasteiger partial charge in [-0.05, 0) is 24.3 Å². The van der Waals surface area contributed by atoms with Crippen LogP contribution in [-0.4, -0.2) is 51.8 Å². The van der Waals surface area contributed by atoms with Gasteiger partial charge < -0.3 is 10.4 Å². The Morgan fingerprint density at radius 1 is 1.20 bits per heavy atom. The molecule has 9 heteroatoms. The van der Waals surface area contributed by atoms with Crippen molar-refractivity contribution in [3.63, 3.8) is 0 Å². The molecule has 1 atom stereocenters. The second-order valence-corrected chi connectivity index (χ2v) is 6.67. The second-order valence-electron chi connectivity index (χ2n) is 5.40. The van der Waals surface area contributed by atoms with E-state index in [0.29, 0.717) is 5.69 Å². The van der Waals surface area contributed by atoms with E-state index >= 15 is 0 Å². The highest BCUT2D eigenvalue weighted by Crippen LogP contribution is 2.31. The number of amides is 3. The van der Waals surface area contributed by atoms with E-state index < -0.39 is 29.3 Å². The summed E-state index contributed by atoms with van der Waals surface area (Å²) >= 11 is 1.26. The van der Waals surface area contributed by atoms with Crippen molar-refractivity contribution in [2.45, 2.75) is 29.4 Å². The van der Waals surface area contributed by atoms with Crippen molar-refractivity contribution >= 4 is 46.9 Å². The molecule has 0 bridgehead atoms. The van der Waals surface area contributed by atoms with Gasteiger partial charge >= 0.3 is 5.97 Å². The lowest BCUT2D eigenvalue weighted by atomic mass is 10.2. The van der Waals surface area contributed by atoms with Gasteiger partial charge in [0.25, 0.3) is 5.91 Å². The Morgan fingerprint density at radius 3 is 2.36 bits per heavy atom. The number of ketones is 1. The number of carboxylic acids is 1. The predicted octanol–water partition coefficient (Wildman–Crippen LogP) is 0.908. The van der Waals surface area contributed by atoms with Crippen molar-refractivity contribution in [3.05, 3.63) is 24.3 Å². The third kappa shape index (κ3) is 4.90. The number of hydrogen-bond acceptors (Lipinski definition) is 6. The number of Topliss-reactive ketones (excluding diaryl/α,β-unsaturated/α-hetero) is 1. The number of anilines is 1. The molecule has 1 aromatic carbocycles. The number of imide groups is 1. The summed E-state index contributed by atoms with van der Waals surface area (Å²) in [6.45, 7) is 0. The molecule has 0 radical (unpaired) electrons. The van der Waals surface area contributed by atoms with Crippen LogP contribution >= 0.6 is 11.8 Å². The van der Waals surface area contributed by atoms with E-state index in [2.05, 4.69) is 5.32 Å². The molecule has 0 aliphatic carbocycles. The number of nitrogens with one attached hydrogen (secondary N) is 1. The fraction of sp³-hybridized carbons (Fsp3) is 0.312. The first kappa shape index (κ1) is 18.7. The molecule has 1 aromatic rings. The summed E-state index contributed by atoms with van der Waals surface area (Å²) in [5.74, 6) is -3.28. The lowest BCUT2D eigenvalue weighted by Crippen LogP contribution is -2.26. The normalized spacial score (nSPS) is 16.8. The fourth-order valence-corrected chi connectivity index (χ4v) is 3.24. The van der Waals surface area contributed by atoms with E-state index in [4.69, 9.17) is 5.11 Å². The van der Waals surface area contributed by atoms with Crippen LogP contribution in [-0.2, 0) is 24.0 Å². The van der Waals surface area contributed by atoms with Gasteiger partial charge in [-0.15, -0.1) is 11.8 Å². The van der Waals surface area contributed by atoms with Gasteiger partial charge in [0.05, 0.1) is 11.7 Å². The van der Waals surface area contributed by atoms with Crippen LogP contribution in [0.5, 0.6) is 0 Å². The predicted molar refractivity (Wildman–Crippen MR) is 89.0 cm³/mol. The molecule has 1 fully saturated rings. The van der Waals surface area contributed by atoms with Crippen molar-refractivity contribution in [3.8, 4) is 0 Å². The van der Waals surface area contributed by atoms with E-state index in [1.807, 2.05) is 0 Å². The molecule has 1 unspecified atom stereocenters. The SMILES string of the molecule is CN1C(=O)CC(Sc2ccc(NC(=O)C(=O)CCC(=O)O)cc2)C1=O. The summed E-state index contributed by atoms with van der Waals surface area (Å²) in [7, 11) is 1.45. The third-order valence-electron chi connectivity index (χ3n) is 3.55. The third-order valence-corrected chi connectivity index (χ3v) is 4.75. The topological polar surface area (TPSA) is 121 Å². The Kier molecular flexibility index (Phi) is 5.92. The van der Waals surface area contributed by atoms with Crippen LogP contribution in [0.15, 0.2) is 29.2 Å². The molecule has 0 spiro atoms. The number of benzene rings is 1. The van der Waals surface area contributed by atoms with E-state index in [1.165, 1.54) is 18.8 Å². The number of carbonyl (C=O) groups excluding carboxylic acids is 4. The minimum atomic E-state index is -1.15. The first-order valence-electron chi connectivity index (χ1n) is 7.41. The van der Waals surface area contributed by atoms with Crippen molar-refractivity contribution in [1.29, 1.82) is 0 Å². The Morgan fingerprint density at radius 2 is 1.84 bits per heavy atom. The molecule has 132 valence electrons. The quantitative estimate of drug-likeness (QED) is 0.545. The molecule has 2 rings (SSSR count). The van der Waals surface area contributed by atoms with Crippen LogP contribution in [0.25, 0.3) is 0 Å². The highest BCUT2D eigenvalue weighted by molar-refractivity contribution is 8.00. The number of carboxylic acid groups (broad SMARTS) is 1. The van der Waals surface area contributed by atoms with Crippen LogP contribution in [0, 0.1) is 0 Å². The standard InChI is InChI=1S/C16H16N2O6S/c1-18-13(20)8-12(16(18)24)25-10-4-2-9(3-5-10)17-15(23)11(19)6-7-14(21)22/h2-5,12H,6-8H2,1H3,(H,17,23)(H,21,22). The molecular formula is C16H16N2O6S. The van der Waals surface area contributed by atoms with Gasteiger partial charge in [-0.2, -0.15) is 0 Å². The molecule has 1 heterocycles. The second kappa shape index (κ2) is 7.93. The Hall–Kier alpha value is -2.68. The van der Waals surface area contributed by atoms with Crippen LogP contribution in [0.3, 0.4) is 0 Å². The lowest BCUT2D eigenvalue weighted by Gasteiger charge is -2.09. The van der Waals surface area contributed by atoms with Crippen molar-refractivity contribution in [2.75, 3.05) is 12.4 Å². The van der Waals surface area contributed by atoms with Gasteiger partial charge in [0.15, 0.2) is 0 Å². The van der Waals surface area contributed by atoms with Crippen molar-refractivity contribution < 1.29 is 29.1 Å². The zero-order valence-electron chi connectivity index (χ0n) is 13.4. The summed E-state index contributed by atoms with van der Waals surface area (Å²) in [5, 5.41) is 10.4. The molecule has 2 N–H and O–H groups in total. The van der Waals surface area contributed by atoms with Crippen LogP contribution in [0.4, 0.5) is 5.69 Å². The number of thioether (sulfide) groups is 1. The van der Waals surface area contributed by atoms with E-state index in [-0.39, 0.29) is 24.7 Å². The van der Waals surface area contributed by atoms with Crippen molar-refractivity contribution in [1.82, 2.24) is 4.90 Å². The Labute approximate surface area is 147 Å². The number of carbonyl (C=O) groups is 5. The van der Waals surface area contributed by atoms with E-state index in [9.17, 15) is 24.0 Å². The zero-order chi connectivity index (χ0) is 18.6. The summed E-state index contributed by atoms with van der Waals surface area (Å²) in [5.41, 5.74) is 0.379. The maximum atomic E-state index is 11.9. The van der Waals surface area contributed by atoms with Crippen LogP contribution in [0.1, 0.15) is 19.3 Å².